The zero-order valence-corrected chi connectivity index (χ0v) is 6.56. The van der Waals surface area contributed by atoms with Crippen LogP contribution in [0.4, 0.5) is 0 Å². The maximum Gasteiger partial charge on any atom is 0.0773 e. The van der Waals surface area contributed by atoms with Crippen molar-refractivity contribution in [2.24, 2.45) is 0 Å². The molecule has 8 heavy (non-hydrogen) atoms. The summed E-state index contributed by atoms with van der Waals surface area (Å²) >= 11 is 1.83. The lowest BCUT2D eigenvalue weighted by Crippen LogP contribution is -2.16. The second-order valence-corrected chi connectivity index (χ2v) is 5.50. The highest BCUT2D eigenvalue weighted by Gasteiger charge is 2.15. The molecule has 1 rings (SSSR count). The molecule has 0 amide bonds. The lowest BCUT2D eigenvalue weighted by molar-refractivity contribution is 0.680. The molecule has 2 atom stereocenters. The Morgan fingerprint density at radius 2 is 2.50 bits per heavy atom. The second kappa shape index (κ2) is 2.87. The van der Waals surface area contributed by atoms with Crippen LogP contribution in [0.25, 0.3) is 0 Å². The Bertz CT molecular complexity index is 103. The molecule has 1 aliphatic rings. The second-order valence-electron chi connectivity index (χ2n) is 1.88. The summed E-state index contributed by atoms with van der Waals surface area (Å²) in [6, 6.07) is 0. The van der Waals surface area contributed by atoms with Crippen LogP contribution in [-0.4, -0.2) is 20.3 Å². The third-order valence-electron chi connectivity index (χ3n) is 1.21. The first kappa shape index (κ1) is 6.62. The van der Waals surface area contributed by atoms with E-state index in [0.29, 0.717) is 4.58 Å². The van der Waals surface area contributed by atoms with Gasteiger partial charge in [0.2, 0.25) is 0 Å². The number of rotatable bonds is 0. The average Bonchev–Trinajstić information content (AvgIpc) is 1.77. The Kier molecular flexibility index (Phi) is 2.38. The van der Waals surface area contributed by atoms with E-state index in [1.807, 2.05) is 18.7 Å². The highest BCUT2D eigenvalue weighted by molar-refractivity contribution is 8.11. The molecule has 0 spiro atoms. The van der Waals surface area contributed by atoms with Gasteiger partial charge in [-0.15, -0.1) is 11.8 Å². The Labute approximate surface area is 56.7 Å². The third-order valence-corrected chi connectivity index (χ3v) is 4.69. The summed E-state index contributed by atoms with van der Waals surface area (Å²) in [5, 5.41) is 0. The van der Waals surface area contributed by atoms with Crippen LogP contribution in [0.1, 0.15) is 13.3 Å². The van der Waals surface area contributed by atoms with Gasteiger partial charge in [0, 0.05) is 16.6 Å². The van der Waals surface area contributed by atoms with Gasteiger partial charge in [0.15, 0.2) is 0 Å². The van der Waals surface area contributed by atoms with Crippen molar-refractivity contribution in [2.45, 2.75) is 17.9 Å². The molecule has 3 heteroatoms. The van der Waals surface area contributed by atoms with Crippen molar-refractivity contribution in [1.82, 2.24) is 0 Å². The zero-order valence-electron chi connectivity index (χ0n) is 4.92. The van der Waals surface area contributed by atoms with Crippen molar-refractivity contribution in [1.29, 1.82) is 0 Å². The summed E-state index contributed by atoms with van der Waals surface area (Å²) in [5.41, 5.74) is 0. The summed E-state index contributed by atoms with van der Waals surface area (Å²) in [5.74, 6) is 2.13. The monoisotopic (exact) mass is 150 g/mol. The molecular weight excluding hydrogens is 140 g/mol. The van der Waals surface area contributed by atoms with Gasteiger partial charge in [0.05, 0.1) is 4.58 Å². The lowest BCUT2D eigenvalue weighted by Gasteiger charge is -2.15. The van der Waals surface area contributed by atoms with Crippen molar-refractivity contribution in [2.75, 3.05) is 11.5 Å². The molecule has 1 saturated heterocycles. The number of hydrogen-bond acceptors (Lipinski definition) is 2. The van der Waals surface area contributed by atoms with Crippen LogP contribution in [0.2, 0.25) is 0 Å². The lowest BCUT2D eigenvalue weighted by atomic mass is 10.6. The van der Waals surface area contributed by atoms with Crippen LogP contribution in [0.3, 0.4) is 0 Å². The van der Waals surface area contributed by atoms with Gasteiger partial charge in [-0.05, 0) is 19.1 Å². The van der Waals surface area contributed by atoms with E-state index >= 15 is 0 Å². The maximum absolute atomic E-state index is 10.9. The summed E-state index contributed by atoms with van der Waals surface area (Å²) in [7, 11) is -0.522. The van der Waals surface area contributed by atoms with Gasteiger partial charge in [0.1, 0.15) is 0 Å². The fourth-order valence-corrected chi connectivity index (χ4v) is 3.46. The fourth-order valence-electron chi connectivity index (χ4n) is 0.692. The first-order valence-electron chi connectivity index (χ1n) is 2.79. The van der Waals surface area contributed by atoms with Crippen molar-refractivity contribution in [3.05, 3.63) is 0 Å². The Morgan fingerprint density at radius 3 is 2.88 bits per heavy atom. The first-order valence-corrected chi connectivity index (χ1v) is 5.22. The van der Waals surface area contributed by atoms with E-state index in [1.54, 1.807) is 0 Å². The maximum atomic E-state index is 10.9. The SMILES string of the molecule is C[C@H]1SCCCS1=O. The molecule has 0 bridgehead atoms. The molecule has 1 heterocycles. The minimum absolute atomic E-state index is 0.392. The van der Waals surface area contributed by atoms with Crippen LogP contribution < -0.4 is 0 Å². The quantitative estimate of drug-likeness (QED) is 0.516. The Balaban J connectivity index is 2.39. The normalized spacial score (nSPS) is 39.6. The first-order chi connectivity index (χ1) is 3.80. The van der Waals surface area contributed by atoms with E-state index in [-0.39, 0.29) is 0 Å². The third kappa shape index (κ3) is 1.49. The van der Waals surface area contributed by atoms with Crippen LogP contribution in [0, 0.1) is 0 Å². The van der Waals surface area contributed by atoms with Crippen LogP contribution >= 0.6 is 11.8 Å². The number of hydrogen-bond donors (Lipinski definition) is 0. The fraction of sp³-hybridized carbons (Fsp3) is 1.00. The smallest absolute Gasteiger partial charge is 0.0773 e. The predicted octanol–water partition coefficient (Wildman–Crippen LogP) is 1.22. The minimum atomic E-state index is -0.522. The Hall–Kier alpha value is 0.500. The van der Waals surface area contributed by atoms with E-state index in [2.05, 4.69) is 0 Å². The molecule has 0 aromatic rings. The highest BCUT2D eigenvalue weighted by Crippen LogP contribution is 2.20. The molecule has 0 aliphatic carbocycles. The molecule has 0 aromatic carbocycles. The van der Waals surface area contributed by atoms with Gasteiger partial charge in [-0.25, -0.2) is 0 Å². The van der Waals surface area contributed by atoms with Crippen molar-refractivity contribution >= 4 is 22.6 Å². The van der Waals surface area contributed by atoms with Crippen LogP contribution in [0.15, 0.2) is 0 Å². The minimum Gasteiger partial charge on any atom is -0.258 e. The molecule has 0 radical (unpaired) electrons. The molecule has 1 nitrogen and oxygen atoms in total. The average molecular weight is 150 g/mol. The summed E-state index contributed by atoms with van der Waals surface area (Å²) in [6.45, 7) is 2.04. The van der Waals surface area contributed by atoms with Crippen molar-refractivity contribution < 1.29 is 4.21 Å². The van der Waals surface area contributed by atoms with E-state index in [0.717, 1.165) is 12.2 Å². The summed E-state index contributed by atoms with van der Waals surface area (Å²) in [6.07, 6.45) is 1.14. The topological polar surface area (TPSA) is 17.1 Å². The van der Waals surface area contributed by atoms with Gasteiger partial charge in [-0.1, -0.05) is 0 Å². The van der Waals surface area contributed by atoms with Gasteiger partial charge in [-0.3, -0.25) is 4.21 Å². The van der Waals surface area contributed by atoms with E-state index in [9.17, 15) is 4.21 Å². The van der Waals surface area contributed by atoms with Crippen molar-refractivity contribution in [3.8, 4) is 0 Å². The van der Waals surface area contributed by atoms with Gasteiger partial charge in [0.25, 0.3) is 0 Å². The Morgan fingerprint density at radius 1 is 1.75 bits per heavy atom. The highest BCUT2D eigenvalue weighted by atomic mass is 32.2. The molecule has 48 valence electrons. The largest absolute Gasteiger partial charge is 0.258 e. The molecule has 1 aliphatic heterocycles. The van der Waals surface area contributed by atoms with E-state index in [4.69, 9.17) is 0 Å². The summed E-state index contributed by atoms with van der Waals surface area (Å²) < 4.78 is 11.3. The van der Waals surface area contributed by atoms with Gasteiger partial charge < -0.3 is 0 Å². The number of thioether (sulfide) groups is 1. The standard InChI is InChI=1S/C5H10OS2/c1-5-7-3-2-4-8(5)6/h5H,2-4H2,1H3/t5-,8?/m0/s1. The van der Waals surface area contributed by atoms with Crippen molar-refractivity contribution in [3.63, 3.8) is 0 Å². The van der Waals surface area contributed by atoms with E-state index in [1.165, 1.54) is 5.75 Å². The van der Waals surface area contributed by atoms with Crippen LogP contribution in [-0.2, 0) is 10.8 Å². The molecule has 1 unspecified atom stereocenters. The van der Waals surface area contributed by atoms with E-state index < -0.39 is 10.8 Å². The molecule has 0 aromatic heterocycles. The van der Waals surface area contributed by atoms with Gasteiger partial charge in [-0.2, -0.15) is 0 Å². The molecule has 1 fully saturated rings. The van der Waals surface area contributed by atoms with Gasteiger partial charge >= 0.3 is 0 Å². The zero-order chi connectivity index (χ0) is 5.98. The molecule has 0 N–H and O–H groups in total. The van der Waals surface area contributed by atoms with Crippen LogP contribution in [0.5, 0.6) is 0 Å². The summed E-state index contributed by atoms with van der Waals surface area (Å²) in [4.78, 5) is 0. The molecule has 0 saturated carbocycles. The predicted molar refractivity (Wildman–Crippen MR) is 39.5 cm³/mol. The molecular formula is C5H10OS2.